The number of hydrogen-bond acceptors (Lipinski definition) is 7. The van der Waals surface area contributed by atoms with Gasteiger partial charge < -0.3 is 14.8 Å². The topological polar surface area (TPSA) is 114 Å². The predicted molar refractivity (Wildman–Crippen MR) is 83.7 cm³/mol. The maximum absolute atomic E-state index is 11.8. The maximum Gasteiger partial charge on any atom is 0.339 e. The summed E-state index contributed by atoms with van der Waals surface area (Å²) in [5.41, 5.74) is 0.0475. The molecule has 24 heavy (non-hydrogen) atoms. The molecule has 8 nitrogen and oxygen atoms in total. The molecular weight excluding hydrogens is 336 g/mol. The third-order valence-corrected chi connectivity index (χ3v) is 2.96. The van der Waals surface area contributed by atoms with Gasteiger partial charge in [0.05, 0.1) is 17.7 Å². The number of ether oxygens (including phenoxy) is 2. The van der Waals surface area contributed by atoms with Crippen LogP contribution in [0.15, 0.2) is 30.6 Å². The first-order chi connectivity index (χ1) is 11.5. The van der Waals surface area contributed by atoms with E-state index in [2.05, 4.69) is 20.0 Å². The quantitative estimate of drug-likeness (QED) is 0.821. The Morgan fingerprint density at radius 3 is 2.75 bits per heavy atom. The number of halogens is 1. The molecule has 1 N–H and O–H groups in total. The van der Waals surface area contributed by atoms with Crippen molar-refractivity contribution in [3.63, 3.8) is 0 Å². The third kappa shape index (κ3) is 4.41. The molecule has 0 aromatic carbocycles. The highest BCUT2D eigenvalue weighted by Gasteiger charge is 2.13. The van der Waals surface area contributed by atoms with Gasteiger partial charge in [-0.25, -0.2) is 14.8 Å². The van der Waals surface area contributed by atoms with Crippen LogP contribution in [0, 0.1) is 11.3 Å². The number of hydrogen-bond donors (Lipinski definition) is 1. The molecule has 0 aliphatic carbocycles. The van der Waals surface area contributed by atoms with Crippen molar-refractivity contribution in [3.05, 3.63) is 46.9 Å². The molecule has 2 heterocycles. The fourth-order valence-electron chi connectivity index (χ4n) is 1.64. The van der Waals surface area contributed by atoms with Gasteiger partial charge in [-0.15, -0.1) is 0 Å². The lowest BCUT2D eigenvalue weighted by Crippen LogP contribution is -2.21. The summed E-state index contributed by atoms with van der Waals surface area (Å²) in [6, 6.07) is 6.20. The van der Waals surface area contributed by atoms with E-state index in [9.17, 15) is 9.59 Å². The fraction of sp³-hybridized carbons (Fsp3) is 0.133. The number of methoxy groups -OCH3 is 1. The lowest BCUT2D eigenvalue weighted by Gasteiger charge is -2.09. The van der Waals surface area contributed by atoms with Gasteiger partial charge in [0.15, 0.2) is 18.1 Å². The van der Waals surface area contributed by atoms with Crippen LogP contribution in [0.3, 0.4) is 0 Å². The Labute approximate surface area is 142 Å². The molecule has 0 saturated carbocycles. The summed E-state index contributed by atoms with van der Waals surface area (Å²) >= 11 is 5.70. The van der Waals surface area contributed by atoms with Gasteiger partial charge in [-0.05, 0) is 18.2 Å². The Balaban J connectivity index is 2.04. The highest BCUT2D eigenvalue weighted by atomic mass is 35.5. The Kier molecular flexibility index (Phi) is 5.65. The summed E-state index contributed by atoms with van der Waals surface area (Å²) in [4.78, 5) is 31.0. The third-order valence-electron chi connectivity index (χ3n) is 2.73. The summed E-state index contributed by atoms with van der Waals surface area (Å²) in [5.74, 6) is -0.835. The molecule has 122 valence electrons. The van der Waals surface area contributed by atoms with Crippen molar-refractivity contribution in [2.75, 3.05) is 19.0 Å². The average Bonchev–Trinajstić information content (AvgIpc) is 2.61. The molecule has 0 spiro atoms. The van der Waals surface area contributed by atoms with Crippen LogP contribution in [0.2, 0.25) is 5.02 Å². The first-order valence-electron chi connectivity index (χ1n) is 6.56. The number of amides is 1. The van der Waals surface area contributed by atoms with Gasteiger partial charge >= 0.3 is 5.97 Å². The number of pyridine rings is 2. The summed E-state index contributed by atoms with van der Waals surface area (Å²) in [6.45, 7) is -0.398. The van der Waals surface area contributed by atoms with Crippen LogP contribution in [-0.2, 0) is 9.53 Å². The fourth-order valence-corrected chi connectivity index (χ4v) is 1.75. The van der Waals surface area contributed by atoms with E-state index in [0.29, 0.717) is 10.8 Å². The van der Waals surface area contributed by atoms with Gasteiger partial charge in [0.25, 0.3) is 5.91 Å². The lowest BCUT2D eigenvalue weighted by molar-refractivity contribution is -0.118. The van der Waals surface area contributed by atoms with E-state index >= 15 is 0 Å². The molecule has 0 aliphatic heterocycles. The van der Waals surface area contributed by atoms with E-state index in [1.54, 1.807) is 6.07 Å². The SMILES string of the molecule is COC(=O)c1cnc(C#N)c(OCC(=O)Nc2ccc(Cl)cn2)c1. The number of carbonyl (C=O) groups is 2. The Morgan fingerprint density at radius 2 is 2.12 bits per heavy atom. The van der Waals surface area contributed by atoms with Crippen LogP contribution >= 0.6 is 11.6 Å². The van der Waals surface area contributed by atoms with Crippen molar-refractivity contribution in [1.29, 1.82) is 5.26 Å². The van der Waals surface area contributed by atoms with Gasteiger partial charge in [-0.3, -0.25) is 4.79 Å². The highest BCUT2D eigenvalue weighted by Crippen LogP contribution is 2.18. The minimum atomic E-state index is -0.633. The molecule has 0 unspecified atom stereocenters. The van der Waals surface area contributed by atoms with Gasteiger partial charge in [0, 0.05) is 12.4 Å². The first-order valence-corrected chi connectivity index (χ1v) is 6.94. The monoisotopic (exact) mass is 346 g/mol. The lowest BCUT2D eigenvalue weighted by atomic mass is 10.2. The van der Waals surface area contributed by atoms with Crippen LogP contribution in [0.5, 0.6) is 5.75 Å². The van der Waals surface area contributed by atoms with Gasteiger partial charge in [0.2, 0.25) is 0 Å². The smallest absolute Gasteiger partial charge is 0.339 e. The van der Waals surface area contributed by atoms with E-state index in [1.807, 2.05) is 6.07 Å². The molecule has 2 rings (SSSR count). The van der Waals surface area contributed by atoms with Crippen LogP contribution in [0.1, 0.15) is 16.1 Å². The maximum atomic E-state index is 11.8. The molecule has 0 atom stereocenters. The zero-order chi connectivity index (χ0) is 17.5. The molecule has 2 aromatic heterocycles. The van der Waals surface area contributed by atoms with Gasteiger partial charge in [0.1, 0.15) is 11.9 Å². The normalized spacial score (nSPS) is 9.71. The molecule has 0 fully saturated rings. The number of esters is 1. The number of nitrogens with one attached hydrogen (secondary N) is 1. The second kappa shape index (κ2) is 7.89. The van der Waals surface area contributed by atoms with Crippen molar-refractivity contribution in [2.45, 2.75) is 0 Å². The zero-order valence-corrected chi connectivity index (χ0v) is 13.2. The second-order valence-corrected chi connectivity index (χ2v) is 4.81. The molecule has 0 bridgehead atoms. The number of carbonyl (C=O) groups excluding carboxylic acids is 2. The molecule has 2 aromatic rings. The van der Waals surface area contributed by atoms with E-state index < -0.39 is 18.5 Å². The molecule has 0 saturated heterocycles. The number of anilines is 1. The number of rotatable bonds is 5. The van der Waals surface area contributed by atoms with Crippen molar-refractivity contribution < 1.29 is 19.1 Å². The van der Waals surface area contributed by atoms with Crippen molar-refractivity contribution in [1.82, 2.24) is 9.97 Å². The largest absolute Gasteiger partial charge is 0.481 e. The summed E-state index contributed by atoms with van der Waals surface area (Å²) < 4.78 is 9.83. The van der Waals surface area contributed by atoms with Crippen molar-refractivity contribution in [2.24, 2.45) is 0 Å². The van der Waals surface area contributed by atoms with E-state index in [4.69, 9.17) is 21.6 Å². The van der Waals surface area contributed by atoms with Crippen molar-refractivity contribution in [3.8, 4) is 11.8 Å². The molecular formula is C15H11ClN4O4. The summed E-state index contributed by atoms with van der Waals surface area (Å²) in [5, 5.41) is 11.9. The van der Waals surface area contributed by atoms with Crippen molar-refractivity contribution >= 4 is 29.3 Å². The number of nitriles is 1. The Hall–Kier alpha value is -3.18. The predicted octanol–water partition coefficient (Wildman–Crippen LogP) is 1.81. The van der Waals surface area contributed by atoms with E-state index in [0.717, 1.165) is 0 Å². The highest BCUT2D eigenvalue weighted by molar-refractivity contribution is 6.30. The number of aromatic nitrogens is 2. The minimum absolute atomic E-state index is 0.000356. The Morgan fingerprint density at radius 1 is 1.33 bits per heavy atom. The molecule has 0 radical (unpaired) electrons. The summed E-state index contributed by atoms with van der Waals surface area (Å²) in [7, 11) is 1.22. The second-order valence-electron chi connectivity index (χ2n) is 4.37. The molecule has 0 aliphatic rings. The minimum Gasteiger partial charge on any atom is -0.481 e. The molecule has 9 heteroatoms. The van der Waals surface area contributed by atoms with E-state index in [-0.39, 0.29) is 17.0 Å². The van der Waals surface area contributed by atoms with Crippen LogP contribution in [-0.4, -0.2) is 35.6 Å². The zero-order valence-electron chi connectivity index (χ0n) is 12.4. The number of nitrogens with zero attached hydrogens (tertiary/aromatic N) is 3. The summed E-state index contributed by atoms with van der Waals surface area (Å²) in [6.07, 6.45) is 2.57. The van der Waals surface area contributed by atoms with Gasteiger partial charge in [-0.2, -0.15) is 5.26 Å². The van der Waals surface area contributed by atoms with Gasteiger partial charge in [-0.1, -0.05) is 11.6 Å². The van der Waals surface area contributed by atoms with Crippen LogP contribution in [0.25, 0.3) is 0 Å². The first kappa shape index (κ1) is 17.2. The average molecular weight is 347 g/mol. The molecule has 1 amide bonds. The van der Waals surface area contributed by atoms with Crippen LogP contribution in [0.4, 0.5) is 5.82 Å². The Bertz CT molecular complexity index is 802. The standard InChI is InChI=1S/C15H11ClN4O4/c1-23-15(22)9-4-12(11(5-17)18-6-9)24-8-14(21)20-13-3-2-10(16)7-19-13/h2-4,6-7H,8H2,1H3,(H,19,20,21). The van der Waals surface area contributed by atoms with E-state index in [1.165, 1.54) is 31.6 Å². The van der Waals surface area contributed by atoms with Crippen LogP contribution < -0.4 is 10.1 Å².